The van der Waals surface area contributed by atoms with E-state index in [4.69, 9.17) is 13.8 Å². The van der Waals surface area contributed by atoms with E-state index in [1.807, 2.05) is 33.3 Å². The Balaban J connectivity index is 5.29. The normalized spacial score (nSPS) is 14.5. The van der Waals surface area contributed by atoms with Crippen LogP contribution in [0.2, 0.25) is 0 Å². The van der Waals surface area contributed by atoms with Crippen molar-refractivity contribution in [3.05, 3.63) is 122 Å². The van der Waals surface area contributed by atoms with Crippen LogP contribution in [-0.4, -0.2) is 74.3 Å². The van der Waals surface area contributed by atoms with Crippen molar-refractivity contribution in [2.45, 2.75) is 264 Å². The summed E-state index contributed by atoms with van der Waals surface area (Å²) in [5.74, 6) is -0.572. The standard InChI is InChI=1S/C69H119N2O7P/c1-7-10-13-16-19-22-25-27-29-31-33-35-37-39-41-43-46-49-52-55-58-61-68(72)70-66(65-77-79(74,75)76-64-63-71(4,5)6)67(60-57-54-51-48-45-24-21-18-15-12-9-3)78-69(73)62-59-56-53-50-47-44-42-40-38-36-34-32-30-28-26-23-20-17-14-11-8-2/h10,13,19-20,22-23,27-30,33-36,39,41,46,49,57,60,66-67H,7-9,11-12,14-18,21,24-26,31-32,37-38,40,42-45,47-48,50-56,58-59,61-65H2,1-6H3,(H-,70,72,74,75)/p+1/b13-10-,22-19-,23-20-,29-27-,30-28-,35-33-,36-34-,41-39-,49-46-,60-57+. The van der Waals surface area contributed by atoms with Gasteiger partial charge in [0.25, 0.3) is 0 Å². The Hall–Kier alpha value is -3.59. The maximum Gasteiger partial charge on any atom is 0.472 e. The van der Waals surface area contributed by atoms with Gasteiger partial charge in [-0.25, -0.2) is 4.57 Å². The number of hydrogen-bond donors (Lipinski definition) is 2. The Morgan fingerprint density at radius 2 is 0.810 bits per heavy atom. The monoisotopic (exact) mass is 1120 g/mol. The summed E-state index contributed by atoms with van der Waals surface area (Å²) >= 11 is 0. The third kappa shape index (κ3) is 58.9. The molecule has 0 aromatic heterocycles. The van der Waals surface area contributed by atoms with E-state index in [0.717, 1.165) is 116 Å². The molecule has 9 nitrogen and oxygen atoms in total. The lowest BCUT2D eigenvalue weighted by molar-refractivity contribution is -0.870. The molecule has 0 fully saturated rings. The molecule has 0 aliphatic carbocycles. The Labute approximate surface area is 486 Å². The summed E-state index contributed by atoms with van der Waals surface area (Å²) in [6.07, 6.45) is 80.6. The van der Waals surface area contributed by atoms with Crippen LogP contribution in [0.3, 0.4) is 0 Å². The molecule has 0 aliphatic heterocycles. The lowest BCUT2D eigenvalue weighted by Gasteiger charge is -2.27. The third-order valence-electron chi connectivity index (χ3n) is 13.4. The van der Waals surface area contributed by atoms with Crippen molar-refractivity contribution in [3.8, 4) is 0 Å². The Kier molecular flexibility index (Phi) is 55.0. The number of ether oxygens (including phenoxy) is 1. The number of phosphoric acid groups is 1. The molecule has 0 saturated carbocycles. The van der Waals surface area contributed by atoms with Crippen LogP contribution in [0.5, 0.6) is 0 Å². The summed E-state index contributed by atoms with van der Waals surface area (Å²) in [4.78, 5) is 37.7. The van der Waals surface area contributed by atoms with Gasteiger partial charge >= 0.3 is 13.8 Å². The Morgan fingerprint density at radius 3 is 1.25 bits per heavy atom. The SMILES string of the molecule is CC/C=C\C/C=C\C/C=C\C/C=C\C/C=C\C/C=C\CCCCC(=O)NC(COP(=O)(O)OCC[N+](C)(C)C)C(/C=C/CCCCCCCCCCC)OC(=O)CCCCCCCCCC/C=C\C/C=C\C/C=C\CCCCC. The highest BCUT2D eigenvalue weighted by Gasteiger charge is 2.30. The molecule has 0 heterocycles. The fraction of sp³-hybridized carbons (Fsp3) is 0.681. The van der Waals surface area contributed by atoms with Crippen molar-refractivity contribution in [2.75, 3.05) is 40.9 Å². The summed E-state index contributed by atoms with van der Waals surface area (Å²) < 4.78 is 30.7. The summed E-state index contributed by atoms with van der Waals surface area (Å²) in [5, 5.41) is 3.03. The van der Waals surface area contributed by atoms with E-state index < -0.39 is 20.0 Å². The van der Waals surface area contributed by atoms with E-state index in [1.165, 1.54) is 96.3 Å². The molecule has 1 amide bonds. The van der Waals surface area contributed by atoms with Crippen LogP contribution in [0.15, 0.2) is 122 Å². The number of nitrogens with zero attached hydrogens (tertiary/aromatic N) is 1. The Bertz CT molecular complexity index is 1770. The topological polar surface area (TPSA) is 111 Å². The second-order valence-electron chi connectivity index (χ2n) is 22.2. The summed E-state index contributed by atoms with van der Waals surface area (Å²) in [6, 6.07) is -0.883. The van der Waals surface area contributed by atoms with Gasteiger partial charge in [-0.1, -0.05) is 239 Å². The molecule has 3 unspecified atom stereocenters. The lowest BCUT2D eigenvalue weighted by Crippen LogP contribution is -2.47. The molecular formula is C69H120N2O7P+. The van der Waals surface area contributed by atoms with Gasteiger partial charge in [0.15, 0.2) is 0 Å². The van der Waals surface area contributed by atoms with E-state index in [2.05, 4.69) is 135 Å². The van der Waals surface area contributed by atoms with Gasteiger partial charge in [-0.3, -0.25) is 18.6 Å². The number of quaternary nitrogens is 1. The van der Waals surface area contributed by atoms with E-state index in [-0.39, 0.29) is 37.9 Å². The number of carbonyl (C=O) groups excluding carboxylic acids is 2. The zero-order valence-electron chi connectivity index (χ0n) is 51.6. The van der Waals surface area contributed by atoms with Crippen molar-refractivity contribution < 1.29 is 37.3 Å². The van der Waals surface area contributed by atoms with E-state index in [0.29, 0.717) is 17.4 Å². The lowest BCUT2D eigenvalue weighted by atomic mass is 10.1. The van der Waals surface area contributed by atoms with Crippen LogP contribution in [0.4, 0.5) is 0 Å². The molecule has 0 bridgehead atoms. The van der Waals surface area contributed by atoms with E-state index >= 15 is 0 Å². The first-order chi connectivity index (χ1) is 38.4. The van der Waals surface area contributed by atoms with Crippen LogP contribution in [0.25, 0.3) is 0 Å². The molecule has 452 valence electrons. The largest absolute Gasteiger partial charge is 0.472 e. The smallest absolute Gasteiger partial charge is 0.456 e. The number of unbranched alkanes of at least 4 members (excludes halogenated alkanes) is 22. The van der Waals surface area contributed by atoms with Crippen LogP contribution < -0.4 is 5.32 Å². The highest BCUT2D eigenvalue weighted by atomic mass is 31.2. The minimum Gasteiger partial charge on any atom is -0.456 e. The van der Waals surface area contributed by atoms with Gasteiger partial charge < -0.3 is 19.4 Å². The average molecular weight is 1120 g/mol. The predicted octanol–water partition coefficient (Wildman–Crippen LogP) is 19.9. The molecule has 0 aromatic rings. The minimum absolute atomic E-state index is 0.0238. The maximum absolute atomic E-state index is 13.5. The van der Waals surface area contributed by atoms with Crippen molar-refractivity contribution >= 4 is 19.7 Å². The number of likely N-dealkylation sites (N-methyl/N-ethyl adjacent to an activating group) is 1. The third-order valence-corrected chi connectivity index (χ3v) is 14.4. The van der Waals surface area contributed by atoms with Gasteiger partial charge in [0.2, 0.25) is 5.91 Å². The number of esters is 1. The zero-order chi connectivity index (χ0) is 57.9. The zero-order valence-corrected chi connectivity index (χ0v) is 52.5. The molecule has 3 atom stereocenters. The first kappa shape index (κ1) is 75.4. The van der Waals surface area contributed by atoms with Crippen LogP contribution in [0, 0.1) is 0 Å². The van der Waals surface area contributed by atoms with Gasteiger partial charge in [0.1, 0.15) is 19.3 Å². The number of hydrogen-bond acceptors (Lipinski definition) is 6. The fourth-order valence-electron chi connectivity index (χ4n) is 8.48. The first-order valence-corrected chi connectivity index (χ1v) is 33.4. The molecule has 0 spiro atoms. The second kappa shape index (κ2) is 57.6. The first-order valence-electron chi connectivity index (χ1n) is 31.9. The second-order valence-corrected chi connectivity index (χ2v) is 23.6. The summed E-state index contributed by atoms with van der Waals surface area (Å²) in [5.41, 5.74) is 0. The van der Waals surface area contributed by atoms with Crippen molar-refractivity contribution in [3.63, 3.8) is 0 Å². The quantitative estimate of drug-likeness (QED) is 0.0205. The van der Waals surface area contributed by atoms with Crippen LogP contribution in [0.1, 0.15) is 252 Å². The molecule has 2 N–H and O–H groups in total. The minimum atomic E-state index is -4.47. The number of amides is 1. The average Bonchev–Trinajstić information content (AvgIpc) is 3.41. The molecule has 0 rings (SSSR count). The van der Waals surface area contributed by atoms with Crippen molar-refractivity contribution in [1.29, 1.82) is 0 Å². The summed E-state index contributed by atoms with van der Waals surface area (Å²) in [7, 11) is 1.44. The van der Waals surface area contributed by atoms with Crippen molar-refractivity contribution in [2.24, 2.45) is 0 Å². The fourth-order valence-corrected chi connectivity index (χ4v) is 9.21. The van der Waals surface area contributed by atoms with E-state index in [9.17, 15) is 19.0 Å². The van der Waals surface area contributed by atoms with Gasteiger partial charge in [0, 0.05) is 12.8 Å². The van der Waals surface area contributed by atoms with E-state index in [1.54, 1.807) is 0 Å². The van der Waals surface area contributed by atoms with Gasteiger partial charge in [-0.15, -0.1) is 0 Å². The number of allylic oxidation sites excluding steroid dienone is 19. The molecule has 0 radical (unpaired) electrons. The highest BCUT2D eigenvalue weighted by molar-refractivity contribution is 7.47. The number of phosphoric ester groups is 1. The molecule has 0 aromatic carbocycles. The molecular weight excluding hydrogens is 1000 g/mol. The molecule has 0 aliphatic rings. The number of nitrogens with one attached hydrogen (secondary N) is 1. The molecule has 10 heteroatoms. The van der Waals surface area contributed by atoms with Crippen LogP contribution >= 0.6 is 7.82 Å². The Morgan fingerprint density at radius 1 is 0.456 bits per heavy atom. The maximum atomic E-state index is 13.5. The van der Waals surface area contributed by atoms with Gasteiger partial charge in [-0.05, 0) is 122 Å². The number of carbonyl (C=O) groups is 2. The highest BCUT2D eigenvalue weighted by Crippen LogP contribution is 2.43. The van der Waals surface area contributed by atoms with Gasteiger partial charge in [0.05, 0.1) is 33.8 Å². The van der Waals surface area contributed by atoms with Crippen molar-refractivity contribution in [1.82, 2.24) is 5.32 Å². The predicted molar refractivity (Wildman–Crippen MR) is 341 cm³/mol. The van der Waals surface area contributed by atoms with Crippen LogP contribution in [-0.2, 0) is 27.9 Å². The molecule has 0 saturated heterocycles. The summed E-state index contributed by atoms with van der Waals surface area (Å²) in [6.45, 7) is 6.81. The molecule has 79 heavy (non-hydrogen) atoms. The van der Waals surface area contributed by atoms with Gasteiger partial charge in [-0.2, -0.15) is 0 Å². The number of rotatable bonds is 56.